The van der Waals surface area contributed by atoms with Crippen LogP contribution in [0.3, 0.4) is 0 Å². The third-order valence-electron chi connectivity index (χ3n) is 6.53. The van der Waals surface area contributed by atoms with Gasteiger partial charge in [-0.25, -0.2) is 9.97 Å². The Morgan fingerprint density at radius 2 is 1.90 bits per heavy atom. The SMILES string of the molecule is NC(=O)[C@@H]1CCCN1CC1CCN(c2ncnc3scc(-c4ccccc4)c23)CC1. The molecule has 5 rings (SSSR count). The number of aromatic nitrogens is 2. The van der Waals surface area contributed by atoms with Gasteiger partial charge < -0.3 is 10.6 Å². The molecule has 3 aromatic rings. The van der Waals surface area contributed by atoms with Crippen molar-refractivity contribution in [3.8, 4) is 11.1 Å². The van der Waals surface area contributed by atoms with Crippen LogP contribution in [0.4, 0.5) is 5.82 Å². The van der Waals surface area contributed by atoms with Gasteiger partial charge in [0.05, 0.1) is 11.4 Å². The second kappa shape index (κ2) is 8.32. The van der Waals surface area contributed by atoms with Crippen LogP contribution in [0.25, 0.3) is 21.3 Å². The Balaban J connectivity index is 1.33. The fourth-order valence-corrected chi connectivity index (χ4v) is 5.87. The van der Waals surface area contributed by atoms with Crippen LogP contribution in [-0.4, -0.2) is 53.0 Å². The third-order valence-corrected chi connectivity index (χ3v) is 7.42. The number of benzene rings is 1. The van der Waals surface area contributed by atoms with Gasteiger partial charge in [-0.1, -0.05) is 30.3 Å². The molecule has 1 aromatic carbocycles. The minimum Gasteiger partial charge on any atom is -0.368 e. The van der Waals surface area contributed by atoms with E-state index in [0.717, 1.165) is 62.5 Å². The minimum atomic E-state index is -0.167. The number of hydrogen-bond donors (Lipinski definition) is 1. The second-order valence-corrected chi connectivity index (χ2v) is 9.24. The fourth-order valence-electron chi connectivity index (χ4n) is 4.96. The van der Waals surface area contributed by atoms with Gasteiger partial charge >= 0.3 is 0 Å². The maximum atomic E-state index is 11.7. The molecule has 0 aliphatic carbocycles. The number of primary amides is 1. The van der Waals surface area contributed by atoms with Gasteiger partial charge in [-0.05, 0) is 43.7 Å². The average Bonchev–Trinajstić information content (AvgIpc) is 3.42. The summed E-state index contributed by atoms with van der Waals surface area (Å²) in [6, 6.07) is 10.4. The molecule has 156 valence electrons. The molecule has 0 unspecified atom stereocenters. The molecule has 6 nitrogen and oxygen atoms in total. The Bertz CT molecular complexity index is 1030. The van der Waals surface area contributed by atoms with E-state index in [1.54, 1.807) is 17.7 Å². The number of fused-ring (bicyclic) bond motifs is 1. The predicted octanol–water partition coefficient (Wildman–Crippen LogP) is 3.52. The van der Waals surface area contributed by atoms with Crippen LogP contribution in [0, 0.1) is 5.92 Å². The van der Waals surface area contributed by atoms with Gasteiger partial charge in [0.2, 0.25) is 5.91 Å². The van der Waals surface area contributed by atoms with Crippen molar-refractivity contribution < 1.29 is 4.79 Å². The van der Waals surface area contributed by atoms with E-state index >= 15 is 0 Å². The molecule has 0 spiro atoms. The largest absolute Gasteiger partial charge is 0.368 e. The highest BCUT2D eigenvalue weighted by Gasteiger charge is 2.32. The zero-order chi connectivity index (χ0) is 20.5. The molecule has 0 radical (unpaired) electrons. The van der Waals surface area contributed by atoms with Crippen molar-refractivity contribution in [1.29, 1.82) is 0 Å². The molecule has 2 aliphatic heterocycles. The van der Waals surface area contributed by atoms with E-state index in [2.05, 4.69) is 44.4 Å². The molecular formula is C23H27N5OS. The third kappa shape index (κ3) is 3.68. The summed E-state index contributed by atoms with van der Waals surface area (Å²) >= 11 is 1.68. The van der Waals surface area contributed by atoms with E-state index in [4.69, 9.17) is 10.7 Å². The number of nitrogens with zero attached hydrogens (tertiary/aromatic N) is 4. The molecule has 0 saturated carbocycles. The number of piperidine rings is 1. The van der Waals surface area contributed by atoms with Crippen LogP contribution in [0.15, 0.2) is 42.0 Å². The molecule has 30 heavy (non-hydrogen) atoms. The molecular weight excluding hydrogens is 394 g/mol. The van der Waals surface area contributed by atoms with Crippen molar-refractivity contribution in [3.63, 3.8) is 0 Å². The standard InChI is InChI=1S/C23H27N5OS/c24-21(29)19-7-4-10-28(19)13-16-8-11-27(12-9-16)22-20-18(17-5-2-1-3-6-17)14-30-23(20)26-15-25-22/h1-3,5-6,14-16,19H,4,7-13H2,(H2,24,29)/t19-/m0/s1. The van der Waals surface area contributed by atoms with E-state index < -0.39 is 0 Å². The molecule has 2 fully saturated rings. The number of carbonyl (C=O) groups is 1. The van der Waals surface area contributed by atoms with Gasteiger partial charge in [0.1, 0.15) is 17.0 Å². The number of anilines is 1. The van der Waals surface area contributed by atoms with Crippen molar-refractivity contribution in [1.82, 2.24) is 14.9 Å². The van der Waals surface area contributed by atoms with Crippen LogP contribution >= 0.6 is 11.3 Å². The van der Waals surface area contributed by atoms with Crippen LogP contribution in [0.2, 0.25) is 0 Å². The molecule has 7 heteroatoms. The van der Waals surface area contributed by atoms with Gasteiger partial charge in [-0.15, -0.1) is 11.3 Å². The Morgan fingerprint density at radius 1 is 1.10 bits per heavy atom. The first-order valence-electron chi connectivity index (χ1n) is 10.8. The zero-order valence-corrected chi connectivity index (χ0v) is 17.9. The number of amides is 1. The molecule has 1 atom stereocenters. The Morgan fingerprint density at radius 3 is 2.67 bits per heavy atom. The maximum Gasteiger partial charge on any atom is 0.234 e. The van der Waals surface area contributed by atoms with Gasteiger partial charge in [0.15, 0.2) is 0 Å². The lowest BCUT2D eigenvalue weighted by atomic mass is 9.95. The summed E-state index contributed by atoms with van der Waals surface area (Å²) in [5, 5.41) is 3.36. The number of likely N-dealkylation sites (tertiary alicyclic amines) is 1. The molecule has 2 aromatic heterocycles. The van der Waals surface area contributed by atoms with Crippen LogP contribution < -0.4 is 10.6 Å². The second-order valence-electron chi connectivity index (χ2n) is 8.38. The van der Waals surface area contributed by atoms with Crippen LogP contribution in [0.5, 0.6) is 0 Å². The summed E-state index contributed by atoms with van der Waals surface area (Å²) in [5.41, 5.74) is 8.02. The highest BCUT2D eigenvalue weighted by Crippen LogP contribution is 2.38. The van der Waals surface area contributed by atoms with E-state index in [1.807, 2.05) is 6.07 Å². The van der Waals surface area contributed by atoms with Gasteiger partial charge in [-0.3, -0.25) is 9.69 Å². The smallest absolute Gasteiger partial charge is 0.234 e. The van der Waals surface area contributed by atoms with Gasteiger partial charge in [0, 0.05) is 30.6 Å². The lowest BCUT2D eigenvalue weighted by Crippen LogP contribution is -2.44. The Labute approximate surface area is 180 Å². The van der Waals surface area contributed by atoms with E-state index in [1.165, 1.54) is 16.5 Å². The van der Waals surface area contributed by atoms with Gasteiger partial charge in [-0.2, -0.15) is 0 Å². The summed E-state index contributed by atoms with van der Waals surface area (Å²) in [6.07, 6.45) is 5.90. The van der Waals surface area contributed by atoms with Crippen LogP contribution in [-0.2, 0) is 4.79 Å². The molecule has 2 aliphatic rings. The molecule has 0 bridgehead atoms. The first kappa shape index (κ1) is 19.5. The number of hydrogen-bond acceptors (Lipinski definition) is 6. The van der Waals surface area contributed by atoms with E-state index in [0.29, 0.717) is 5.92 Å². The number of nitrogens with two attached hydrogens (primary N) is 1. The maximum absolute atomic E-state index is 11.7. The summed E-state index contributed by atoms with van der Waals surface area (Å²) in [5.74, 6) is 1.49. The normalized spacial score (nSPS) is 20.8. The van der Waals surface area contributed by atoms with Crippen molar-refractivity contribution in [2.75, 3.05) is 31.1 Å². The first-order valence-corrected chi connectivity index (χ1v) is 11.6. The van der Waals surface area contributed by atoms with E-state index in [9.17, 15) is 4.79 Å². The topological polar surface area (TPSA) is 75.4 Å². The lowest BCUT2D eigenvalue weighted by molar-refractivity contribution is -0.122. The lowest BCUT2D eigenvalue weighted by Gasteiger charge is -2.35. The van der Waals surface area contributed by atoms with Crippen molar-refractivity contribution in [2.24, 2.45) is 11.7 Å². The van der Waals surface area contributed by atoms with Crippen molar-refractivity contribution >= 4 is 33.3 Å². The summed E-state index contributed by atoms with van der Waals surface area (Å²) in [4.78, 5) is 26.7. The summed E-state index contributed by atoms with van der Waals surface area (Å²) in [7, 11) is 0. The Hall–Kier alpha value is -2.51. The number of thiophene rings is 1. The monoisotopic (exact) mass is 421 g/mol. The molecule has 1 amide bonds. The quantitative estimate of drug-likeness (QED) is 0.682. The number of carbonyl (C=O) groups excluding carboxylic acids is 1. The van der Waals surface area contributed by atoms with E-state index in [-0.39, 0.29) is 11.9 Å². The highest BCUT2D eigenvalue weighted by molar-refractivity contribution is 7.17. The molecule has 2 saturated heterocycles. The van der Waals surface area contributed by atoms with Crippen molar-refractivity contribution in [2.45, 2.75) is 31.7 Å². The predicted molar refractivity (Wildman–Crippen MR) is 122 cm³/mol. The highest BCUT2D eigenvalue weighted by atomic mass is 32.1. The zero-order valence-electron chi connectivity index (χ0n) is 17.0. The first-order chi connectivity index (χ1) is 14.7. The molecule has 2 N–H and O–H groups in total. The summed E-state index contributed by atoms with van der Waals surface area (Å²) in [6.45, 7) is 3.94. The van der Waals surface area contributed by atoms with Crippen LogP contribution in [0.1, 0.15) is 25.7 Å². The van der Waals surface area contributed by atoms with Crippen molar-refractivity contribution in [3.05, 3.63) is 42.0 Å². The van der Waals surface area contributed by atoms with Gasteiger partial charge in [0.25, 0.3) is 0 Å². The summed E-state index contributed by atoms with van der Waals surface area (Å²) < 4.78 is 0. The average molecular weight is 422 g/mol. The fraction of sp³-hybridized carbons (Fsp3) is 0.435. The minimum absolute atomic E-state index is 0.0660. The Kier molecular flexibility index (Phi) is 5.39. The number of rotatable bonds is 5. The molecule has 4 heterocycles.